The van der Waals surface area contributed by atoms with Gasteiger partial charge in [0.15, 0.2) is 0 Å². The first-order valence-corrected chi connectivity index (χ1v) is 7.85. The van der Waals surface area contributed by atoms with Crippen LogP contribution in [0.5, 0.6) is 0 Å². The summed E-state index contributed by atoms with van der Waals surface area (Å²) < 4.78 is 0. The molecule has 1 aromatic heterocycles. The quantitative estimate of drug-likeness (QED) is 0.927. The highest BCUT2D eigenvalue weighted by atomic mass is 35.5. The average molecular weight is 296 g/mol. The number of hydrogen-bond donors (Lipinski definition) is 1. The van der Waals surface area contributed by atoms with Gasteiger partial charge < -0.3 is 5.32 Å². The summed E-state index contributed by atoms with van der Waals surface area (Å²) in [6, 6.07) is 3.13. The van der Waals surface area contributed by atoms with E-state index in [-0.39, 0.29) is 5.41 Å². The van der Waals surface area contributed by atoms with Crippen molar-refractivity contribution in [1.29, 1.82) is 0 Å². The molecular weight excluding hydrogens is 270 g/mol. The van der Waals surface area contributed by atoms with Crippen LogP contribution >= 0.6 is 11.6 Å². The lowest BCUT2D eigenvalue weighted by atomic mass is 9.83. The summed E-state index contributed by atoms with van der Waals surface area (Å²) in [5.41, 5.74) is 1.43. The lowest BCUT2D eigenvalue weighted by molar-refractivity contribution is 0.0485. The van der Waals surface area contributed by atoms with E-state index in [0.29, 0.717) is 12.1 Å². The van der Waals surface area contributed by atoms with Crippen LogP contribution in [0.3, 0.4) is 0 Å². The minimum Gasteiger partial charge on any atom is -0.311 e. The molecule has 1 N–H and O–H groups in total. The third-order valence-electron chi connectivity index (χ3n) is 4.22. The van der Waals surface area contributed by atoms with Gasteiger partial charge in [0.1, 0.15) is 0 Å². The zero-order valence-corrected chi connectivity index (χ0v) is 13.7. The Morgan fingerprint density at radius 2 is 2.20 bits per heavy atom. The van der Waals surface area contributed by atoms with Crippen molar-refractivity contribution >= 4 is 11.6 Å². The molecule has 0 radical (unpaired) electrons. The predicted molar refractivity (Wildman–Crippen MR) is 85.0 cm³/mol. The molecule has 1 aliphatic rings. The van der Waals surface area contributed by atoms with Crippen molar-refractivity contribution in [3.05, 3.63) is 29.0 Å². The Morgan fingerprint density at radius 1 is 1.45 bits per heavy atom. The maximum absolute atomic E-state index is 6.27. The first-order valence-electron chi connectivity index (χ1n) is 7.47. The molecule has 1 aliphatic heterocycles. The number of rotatable bonds is 3. The van der Waals surface area contributed by atoms with Gasteiger partial charge >= 0.3 is 0 Å². The number of hydrogen-bond acceptors (Lipinski definition) is 3. The van der Waals surface area contributed by atoms with Crippen molar-refractivity contribution in [2.75, 3.05) is 13.1 Å². The molecule has 0 saturated carbocycles. The normalized spacial score (nSPS) is 24.9. The van der Waals surface area contributed by atoms with Crippen LogP contribution in [0.4, 0.5) is 0 Å². The Hall–Kier alpha value is -0.640. The number of halogens is 1. The van der Waals surface area contributed by atoms with Crippen LogP contribution in [0.2, 0.25) is 5.02 Å². The highest BCUT2D eigenvalue weighted by Gasteiger charge is 2.35. The third-order valence-corrected chi connectivity index (χ3v) is 4.56. The number of pyridine rings is 1. The summed E-state index contributed by atoms with van der Waals surface area (Å²) in [7, 11) is 0. The zero-order chi connectivity index (χ0) is 14.8. The molecule has 0 bridgehead atoms. The molecule has 2 atom stereocenters. The molecule has 0 aromatic carbocycles. The standard InChI is InChI=1S/C16H26ClN3/c1-5-13-11-20(15(9-19-13)16(2,3)4)10-12-6-7-18-8-14(12)17/h6-8,13,15,19H,5,9-11H2,1-4H3. The maximum Gasteiger partial charge on any atom is 0.0634 e. The van der Waals surface area contributed by atoms with E-state index in [2.05, 4.69) is 42.9 Å². The first-order chi connectivity index (χ1) is 9.41. The van der Waals surface area contributed by atoms with Gasteiger partial charge in [-0.25, -0.2) is 0 Å². The van der Waals surface area contributed by atoms with Crippen LogP contribution in [0.25, 0.3) is 0 Å². The number of nitrogens with one attached hydrogen (secondary N) is 1. The molecular formula is C16H26ClN3. The van der Waals surface area contributed by atoms with Gasteiger partial charge in [-0.3, -0.25) is 9.88 Å². The Balaban J connectivity index is 2.17. The smallest absolute Gasteiger partial charge is 0.0634 e. The van der Waals surface area contributed by atoms with Crippen molar-refractivity contribution in [3.8, 4) is 0 Å². The van der Waals surface area contributed by atoms with Crippen molar-refractivity contribution in [1.82, 2.24) is 15.2 Å². The van der Waals surface area contributed by atoms with E-state index < -0.39 is 0 Å². The minimum absolute atomic E-state index is 0.255. The van der Waals surface area contributed by atoms with E-state index >= 15 is 0 Å². The third kappa shape index (κ3) is 3.72. The van der Waals surface area contributed by atoms with E-state index in [4.69, 9.17) is 11.6 Å². The SMILES string of the molecule is CCC1CN(Cc2ccncc2Cl)C(C(C)(C)C)CN1. The topological polar surface area (TPSA) is 28.2 Å². The van der Waals surface area contributed by atoms with Gasteiger partial charge in [-0.2, -0.15) is 0 Å². The monoisotopic (exact) mass is 295 g/mol. The molecule has 0 aliphatic carbocycles. The lowest BCUT2D eigenvalue weighted by Crippen LogP contribution is -2.59. The van der Waals surface area contributed by atoms with Gasteiger partial charge in [0.25, 0.3) is 0 Å². The van der Waals surface area contributed by atoms with Crippen molar-refractivity contribution < 1.29 is 0 Å². The largest absolute Gasteiger partial charge is 0.311 e. The van der Waals surface area contributed by atoms with Crippen LogP contribution in [0.15, 0.2) is 18.5 Å². The summed E-state index contributed by atoms with van der Waals surface area (Å²) in [5.74, 6) is 0. The summed E-state index contributed by atoms with van der Waals surface area (Å²) in [6.07, 6.45) is 4.73. The fourth-order valence-electron chi connectivity index (χ4n) is 2.94. The fraction of sp³-hybridized carbons (Fsp3) is 0.688. The Labute approximate surface area is 127 Å². The Morgan fingerprint density at radius 3 is 2.80 bits per heavy atom. The van der Waals surface area contributed by atoms with Gasteiger partial charge in [-0.1, -0.05) is 39.3 Å². The van der Waals surface area contributed by atoms with Crippen LogP contribution in [-0.2, 0) is 6.54 Å². The molecule has 2 unspecified atom stereocenters. The van der Waals surface area contributed by atoms with E-state index in [1.54, 1.807) is 6.20 Å². The van der Waals surface area contributed by atoms with E-state index in [0.717, 1.165) is 31.1 Å². The summed E-state index contributed by atoms with van der Waals surface area (Å²) in [4.78, 5) is 6.65. The van der Waals surface area contributed by atoms with Gasteiger partial charge in [0.2, 0.25) is 0 Å². The molecule has 1 fully saturated rings. The predicted octanol–water partition coefficient (Wildman–Crippen LogP) is 3.33. The zero-order valence-electron chi connectivity index (χ0n) is 13.0. The molecule has 3 nitrogen and oxygen atoms in total. The molecule has 1 saturated heterocycles. The Bertz CT molecular complexity index is 442. The number of aromatic nitrogens is 1. The van der Waals surface area contributed by atoms with Gasteiger partial charge in [0.05, 0.1) is 5.02 Å². The van der Waals surface area contributed by atoms with E-state index in [1.165, 1.54) is 5.56 Å². The average Bonchev–Trinajstić information content (AvgIpc) is 2.40. The molecule has 0 amide bonds. The van der Waals surface area contributed by atoms with Gasteiger partial charge in [-0.15, -0.1) is 0 Å². The molecule has 0 spiro atoms. The van der Waals surface area contributed by atoms with Crippen molar-refractivity contribution in [2.24, 2.45) is 5.41 Å². The fourth-order valence-corrected chi connectivity index (χ4v) is 3.11. The van der Waals surface area contributed by atoms with E-state index in [9.17, 15) is 0 Å². The van der Waals surface area contributed by atoms with Crippen molar-refractivity contribution in [2.45, 2.75) is 52.7 Å². The van der Waals surface area contributed by atoms with Crippen LogP contribution in [0, 0.1) is 5.41 Å². The molecule has 20 heavy (non-hydrogen) atoms. The second kappa shape index (κ2) is 6.42. The van der Waals surface area contributed by atoms with Gasteiger partial charge in [0, 0.05) is 44.1 Å². The molecule has 2 rings (SSSR count). The van der Waals surface area contributed by atoms with E-state index in [1.807, 2.05) is 12.3 Å². The minimum atomic E-state index is 0.255. The summed E-state index contributed by atoms with van der Waals surface area (Å²) in [5, 5.41) is 4.44. The lowest BCUT2D eigenvalue weighted by Gasteiger charge is -2.46. The van der Waals surface area contributed by atoms with Crippen LogP contribution in [-0.4, -0.2) is 35.1 Å². The number of nitrogens with zero attached hydrogens (tertiary/aromatic N) is 2. The highest BCUT2D eigenvalue weighted by Crippen LogP contribution is 2.29. The van der Waals surface area contributed by atoms with Crippen LogP contribution < -0.4 is 5.32 Å². The van der Waals surface area contributed by atoms with Crippen molar-refractivity contribution in [3.63, 3.8) is 0 Å². The molecule has 112 valence electrons. The molecule has 2 heterocycles. The van der Waals surface area contributed by atoms with Crippen LogP contribution in [0.1, 0.15) is 39.7 Å². The molecule has 4 heteroatoms. The molecule has 1 aromatic rings. The first kappa shape index (κ1) is 15.7. The highest BCUT2D eigenvalue weighted by molar-refractivity contribution is 6.31. The summed E-state index contributed by atoms with van der Waals surface area (Å²) in [6.45, 7) is 12.2. The maximum atomic E-state index is 6.27. The summed E-state index contributed by atoms with van der Waals surface area (Å²) >= 11 is 6.27. The van der Waals surface area contributed by atoms with Gasteiger partial charge in [-0.05, 0) is 23.5 Å². The second-order valence-corrected chi connectivity index (χ2v) is 7.20. The second-order valence-electron chi connectivity index (χ2n) is 6.79. The number of piperazine rings is 1. The Kier molecular flexibility index (Phi) is 5.05.